The van der Waals surface area contributed by atoms with E-state index in [0.717, 1.165) is 27.1 Å². The zero-order valence-electron chi connectivity index (χ0n) is 15.8. The number of anilines is 1. The van der Waals surface area contributed by atoms with Crippen molar-refractivity contribution in [3.05, 3.63) is 65.7 Å². The molecule has 0 unspecified atom stereocenters. The maximum absolute atomic E-state index is 13.2. The number of rotatable bonds is 5. The quantitative estimate of drug-likeness (QED) is 0.350. The molecule has 146 valence electrons. The Balaban J connectivity index is 1.53. The van der Waals surface area contributed by atoms with Gasteiger partial charge in [-0.15, -0.1) is 0 Å². The lowest BCUT2D eigenvalue weighted by Crippen LogP contribution is -2.15. The van der Waals surface area contributed by atoms with Gasteiger partial charge >= 0.3 is 0 Å². The summed E-state index contributed by atoms with van der Waals surface area (Å²) < 4.78 is 18.5. The molecule has 0 saturated carbocycles. The van der Waals surface area contributed by atoms with Crippen LogP contribution in [-0.2, 0) is 4.79 Å². The number of halogens is 1. The van der Waals surface area contributed by atoms with Gasteiger partial charge < -0.3 is 5.32 Å². The number of aromatic nitrogens is 3. The van der Waals surface area contributed by atoms with Crippen molar-refractivity contribution >= 4 is 45.1 Å². The molecular weight excluding hydrogens is 407 g/mol. The zero-order chi connectivity index (χ0) is 20.4. The van der Waals surface area contributed by atoms with Gasteiger partial charge in [0.15, 0.2) is 0 Å². The van der Waals surface area contributed by atoms with Gasteiger partial charge in [0.25, 0.3) is 0 Å². The van der Waals surface area contributed by atoms with E-state index in [4.69, 9.17) is 0 Å². The van der Waals surface area contributed by atoms with Crippen molar-refractivity contribution in [2.45, 2.75) is 18.9 Å². The zero-order valence-corrected chi connectivity index (χ0v) is 17.4. The first kappa shape index (κ1) is 19.5. The van der Waals surface area contributed by atoms with Crippen LogP contribution in [0, 0.1) is 19.7 Å². The minimum atomic E-state index is -0.297. The summed E-state index contributed by atoms with van der Waals surface area (Å²) in [6, 6.07) is 12.1. The molecule has 2 aromatic carbocycles. The van der Waals surface area contributed by atoms with Crippen LogP contribution < -0.4 is 5.32 Å². The number of para-hydroxylation sites is 1. The summed E-state index contributed by atoms with van der Waals surface area (Å²) in [5.74, 6) is -0.166. The van der Waals surface area contributed by atoms with E-state index in [0.29, 0.717) is 16.2 Å². The molecule has 0 aliphatic heterocycles. The predicted octanol–water partition coefficient (Wildman–Crippen LogP) is 5.24. The molecule has 2 heterocycles. The van der Waals surface area contributed by atoms with Crippen molar-refractivity contribution in [1.82, 2.24) is 14.3 Å². The van der Waals surface area contributed by atoms with E-state index in [1.165, 1.54) is 41.8 Å². The fourth-order valence-corrected chi connectivity index (χ4v) is 4.68. The second kappa shape index (κ2) is 8.26. The predicted molar refractivity (Wildman–Crippen MR) is 116 cm³/mol. The molecule has 0 aliphatic rings. The number of aryl methyl sites for hydroxylation is 2. The van der Waals surface area contributed by atoms with Crippen molar-refractivity contribution in [2.24, 2.45) is 0 Å². The lowest BCUT2D eigenvalue weighted by molar-refractivity contribution is -0.113. The number of amides is 1. The second-order valence-electron chi connectivity index (χ2n) is 6.50. The van der Waals surface area contributed by atoms with Crippen LogP contribution in [-0.4, -0.2) is 26.0 Å². The van der Waals surface area contributed by atoms with Crippen molar-refractivity contribution in [1.29, 1.82) is 0 Å². The topological polar surface area (TPSA) is 67.8 Å². The first-order valence-corrected chi connectivity index (χ1v) is 10.6. The summed E-state index contributed by atoms with van der Waals surface area (Å²) in [7, 11) is 0. The number of nitrogens with zero attached hydrogens (tertiary/aromatic N) is 3. The van der Waals surface area contributed by atoms with Crippen LogP contribution in [0.2, 0.25) is 0 Å². The van der Waals surface area contributed by atoms with E-state index in [-0.39, 0.29) is 17.5 Å². The van der Waals surface area contributed by atoms with E-state index in [1.807, 2.05) is 32.0 Å². The van der Waals surface area contributed by atoms with Crippen LogP contribution in [0.25, 0.3) is 21.5 Å². The van der Waals surface area contributed by atoms with Gasteiger partial charge in [-0.25, -0.2) is 14.4 Å². The Bertz CT molecular complexity index is 1170. The van der Waals surface area contributed by atoms with Crippen molar-refractivity contribution in [3.63, 3.8) is 0 Å². The fraction of sp³-hybridized carbons (Fsp3) is 0.143. The summed E-state index contributed by atoms with van der Waals surface area (Å²) in [5, 5.41) is 3.69. The van der Waals surface area contributed by atoms with Crippen LogP contribution in [0.3, 0.4) is 0 Å². The first-order chi connectivity index (χ1) is 14.0. The third-order valence-electron chi connectivity index (χ3n) is 4.43. The molecule has 0 radical (unpaired) electrons. The normalized spacial score (nSPS) is 11.0. The Morgan fingerprint density at radius 2 is 1.83 bits per heavy atom. The summed E-state index contributed by atoms with van der Waals surface area (Å²) in [6.45, 7) is 3.94. The van der Waals surface area contributed by atoms with E-state index in [9.17, 15) is 9.18 Å². The molecule has 0 saturated heterocycles. The lowest BCUT2D eigenvalue weighted by Gasteiger charge is -2.11. The van der Waals surface area contributed by atoms with E-state index in [2.05, 4.69) is 19.7 Å². The highest BCUT2D eigenvalue weighted by Gasteiger charge is 2.16. The van der Waals surface area contributed by atoms with Gasteiger partial charge in [-0.2, -0.15) is 4.37 Å². The fourth-order valence-electron chi connectivity index (χ4n) is 2.96. The van der Waals surface area contributed by atoms with Gasteiger partial charge in [-0.3, -0.25) is 4.79 Å². The minimum absolute atomic E-state index is 0.0950. The molecule has 4 rings (SSSR count). The van der Waals surface area contributed by atoms with Gasteiger partial charge in [0.2, 0.25) is 5.91 Å². The van der Waals surface area contributed by atoms with Gasteiger partial charge in [-0.1, -0.05) is 30.0 Å². The SMILES string of the molecule is Cc1cccc(C)c1NC(=O)CSc1ncnc2c(-c3ccc(F)cc3)nsc12. The maximum Gasteiger partial charge on any atom is 0.234 e. The molecule has 0 aliphatic carbocycles. The van der Waals surface area contributed by atoms with Crippen LogP contribution in [0.15, 0.2) is 53.8 Å². The molecule has 5 nitrogen and oxygen atoms in total. The van der Waals surface area contributed by atoms with Gasteiger partial charge in [-0.05, 0) is 60.8 Å². The number of thioether (sulfide) groups is 1. The molecule has 4 aromatic rings. The molecule has 2 aromatic heterocycles. The number of fused-ring (bicyclic) bond motifs is 1. The molecule has 0 spiro atoms. The first-order valence-electron chi connectivity index (χ1n) is 8.88. The molecule has 1 N–H and O–H groups in total. The molecule has 8 heteroatoms. The largest absolute Gasteiger partial charge is 0.325 e. The number of benzene rings is 2. The monoisotopic (exact) mass is 424 g/mol. The van der Waals surface area contributed by atoms with Crippen LogP contribution in [0.1, 0.15) is 11.1 Å². The molecular formula is C21H17FN4OS2. The second-order valence-corrected chi connectivity index (χ2v) is 8.24. The number of nitrogens with one attached hydrogen (secondary N) is 1. The van der Waals surface area contributed by atoms with Crippen molar-refractivity contribution < 1.29 is 9.18 Å². The van der Waals surface area contributed by atoms with E-state index < -0.39 is 0 Å². The highest BCUT2D eigenvalue weighted by atomic mass is 32.2. The van der Waals surface area contributed by atoms with Crippen molar-refractivity contribution in [3.8, 4) is 11.3 Å². The molecule has 0 fully saturated rings. The highest BCUT2D eigenvalue weighted by molar-refractivity contribution is 8.00. The number of carbonyl (C=O) groups is 1. The smallest absolute Gasteiger partial charge is 0.234 e. The third-order valence-corrected chi connectivity index (χ3v) is 6.39. The highest BCUT2D eigenvalue weighted by Crippen LogP contribution is 2.34. The number of carbonyl (C=O) groups excluding carboxylic acids is 1. The Hall–Kier alpha value is -2.84. The molecule has 29 heavy (non-hydrogen) atoms. The number of hydrogen-bond acceptors (Lipinski definition) is 6. The summed E-state index contributed by atoms with van der Waals surface area (Å²) in [5.41, 5.74) is 5.09. The summed E-state index contributed by atoms with van der Waals surface area (Å²) in [4.78, 5) is 21.1. The molecule has 1 amide bonds. The summed E-state index contributed by atoms with van der Waals surface area (Å²) in [6.07, 6.45) is 1.47. The van der Waals surface area contributed by atoms with Crippen LogP contribution in [0.5, 0.6) is 0 Å². The van der Waals surface area contributed by atoms with E-state index in [1.54, 1.807) is 12.1 Å². The lowest BCUT2D eigenvalue weighted by atomic mass is 10.1. The van der Waals surface area contributed by atoms with E-state index >= 15 is 0 Å². The van der Waals surface area contributed by atoms with Crippen LogP contribution in [0.4, 0.5) is 10.1 Å². The summed E-state index contributed by atoms with van der Waals surface area (Å²) >= 11 is 2.63. The Kier molecular flexibility index (Phi) is 5.55. The molecule has 0 atom stereocenters. The standard InChI is InChI=1S/C21H17FN4OS2/c1-12-4-3-5-13(2)17(12)25-16(27)10-28-21-20-19(23-11-24-21)18(26-29-20)14-6-8-15(22)9-7-14/h3-9,11H,10H2,1-2H3,(H,25,27). The Labute approximate surface area is 175 Å². The van der Waals surface area contributed by atoms with Crippen molar-refractivity contribution in [2.75, 3.05) is 11.1 Å². The minimum Gasteiger partial charge on any atom is -0.325 e. The third kappa shape index (κ3) is 4.13. The average molecular weight is 425 g/mol. The Morgan fingerprint density at radius 1 is 1.10 bits per heavy atom. The molecule has 0 bridgehead atoms. The number of hydrogen-bond donors (Lipinski definition) is 1. The maximum atomic E-state index is 13.2. The van der Waals surface area contributed by atoms with Crippen LogP contribution >= 0.6 is 23.3 Å². The average Bonchev–Trinajstić information content (AvgIpc) is 3.15. The van der Waals surface area contributed by atoms with Gasteiger partial charge in [0.1, 0.15) is 33.1 Å². The van der Waals surface area contributed by atoms with Gasteiger partial charge in [0.05, 0.1) is 5.75 Å². The van der Waals surface area contributed by atoms with Gasteiger partial charge in [0, 0.05) is 11.3 Å². The Morgan fingerprint density at radius 3 is 2.55 bits per heavy atom.